The monoisotopic (exact) mass is 345 g/mol. The molecule has 0 fully saturated rings. The molecule has 0 spiro atoms. The topological polar surface area (TPSA) is 54.9 Å². The van der Waals surface area contributed by atoms with Crippen LogP contribution in [-0.2, 0) is 6.42 Å². The highest BCUT2D eigenvalue weighted by atomic mass is 32.1. The Morgan fingerprint density at radius 3 is 2.62 bits per heavy atom. The van der Waals surface area contributed by atoms with Gasteiger partial charge in [-0.1, -0.05) is 12.1 Å². The van der Waals surface area contributed by atoms with E-state index < -0.39 is 5.82 Å². The number of pyridine rings is 1. The molecule has 0 unspecified atom stereocenters. The lowest BCUT2D eigenvalue weighted by Gasteiger charge is -2.03. The van der Waals surface area contributed by atoms with Crippen molar-refractivity contribution in [1.82, 2.24) is 9.97 Å². The van der Waals surface area contributed by atoms with Crippen LogP contribution in [0.1, 0.15) is 25.9 Å². The summed E-state index contributed by atoms with van der Waals surface area (Å²) < 4.78 is 26.1. The molecular formula is C17H13F2N3OS. The molecular weight excluding hydrogens is 332 g/mol. The number of carbonyl (C=O) groups excluding carboxylic acids is 1. The van der Waals surface area contributed by atoms with Crippen LogP contribution in [0.25, 0.3) is 0 Å². The number of aromatic nitrogens is 2. The van der Waals surface area contributed by atoms with Crippen molar-refractivity contribution in [3.63, 3.8) is 0 Å². The lowest BCUT2D eigenvalue weighted by Crippen LogP contribution is -2.11. The first kappa shape index (κ1) is 16.2. The molecule has 122 valence electrons. The highest BCUT2D eigenvalue weighted by molar-refractivity contribution is 7.14. The van der Waals surface area contributed by atoms with Gasteiger partial charge in [0.2, 0.25) is 0 Å². The van der Waals surface area contributed by atoms with E-state index in [1.165, 1.54) is 35.7 Å². The van der Waals surface area contributed by atoms with Crippen molar-refractivity contribution in [1.29, 1.82) is 0 Å². The zero-order chi connectivity index (χ0) is 17.1. The third-order valence-corrected chi connectivity index (χ3v) is 4.43. The number of halogens is 2. The number of carbonyl (C=O) groups is 1. The van der Waals surface area contributed by atoms with Gasteiger partial charge >= 0.3 is 0 Å². The first-order valence-corrected chi connectivity index (χ1v) is 7.95. The minimum atomic E-state index is -0.522. The van der Waals surface area contributed by atoms with Crippen LogP contribution in [0.2, 0.25) is 0 Å². The van der Waals surface area contributed by atoms with E-state index in [2.05, 4.69) is 15.3 Å². The Hall–Kier alpha value is -2.67. The predicted molar refractivity (Wildman–Crippen MR) is 88.2 cm³/mol. The standard InChI is InChI=1S/C17H13F2N3OS/c1-10-16(17(23)22-14-7-13(19)8-20-9-14)24-15(21-10)6-11-2-4-12(18)5-3-11/h2-5,7-9H,6H2,1H3,(H,22,23). The van der Waals surface area contributed by atoms with Crippen molar-refractivity contribution in [2.45, 2.75) is 13.3 Å². The summed E-state index contributed by atoms with van der Waals surface area (Å²) in [6.07, 6.45) is 2.95. The number of hydrogen-bond donors (Lipinski definition) is 1. The summed E-state index contributed by atoms with van der Waals surface area (Å²) in [6.45, 7) is 1.74. The summed E-state index contributed by atoms with van der Waals surface area (Å²) in [6, 6.07) is 7.34. The van der Waals surface area contributed by atoms with Crippen LogP contribution in [0.15, 0.2) is 42.7 Å². The first-order chi connectivity index (χ1) is 11.5. The summed E-state index contributed by atoms with van der Waals surface area (Å²) in [4.78, 5) is 20.8. The molecule has 2 heterocycles. The molecule has 24 heavy (non-hydrogen) atoms. The molecule has 0 aliphatic heterocycles. The predicted octanol–water partition coefficient (Wildman–Crippen LogP) is 3.97. The molecule has 0 saturated carbocycles. The molecule has 0 radical (unpaired) electrons. The summed E-state index contributed by atoms with van der Waals surface area (Å²) in [5.74, 6) is -1.17. The maximum atomic E-state index is 13.1. The van der Waals surface area contributed by atoms with E-state index in [0.29, 0.717) is 17.0 Å². The third kappa shape index (κ3) is 3.80. The number of nitrogens with zero attached hydrogens (tertiary/aromatic N) is 2. The smallest absolute Gasteiger partial charge is 0.267 e. The van der Waals surface area contributed by atoms with Gasteiger partial charge in [-0.15, -0.1) is 11.3 Å². The Morgan fingerprint density at radius 2 is 1.92 bits per heavy atom. The largest absolute Gasteiger partial charge is 0.320 e. The second kappa shape index (κ2) is 6.84. The van der Waals surface area contributed by atoms with Crippen LogP contribution in [0.3, 0.4) is 0 Å². The molecule has 2 aromatic heterocycles. The maximum Gasteiger partial charge on any atom is 0.267 e. The fourth-order valence-electron chi connectivity index (χ4n) is 2.18. The number of anilines is 1. The Morgan fingerprint density at radius 1 is 1.17 bits per heavy atom. The van der Waals surface area contributed by atoms with Crippen molar-refractivity contribution < 1.29 is 13.6 Å². The van der Waals surface area contributed by atoms with E-state index in [0.717, 1.165) is 16.8 Å². The number of amides is 1. The van der Waals surface area contributed by atoms with Crippen LogP contribution in [0, 0.1) is 18.6 Å². The molecule has 1 amide bonds. The van der Waals surface area contributed by atoms with Crippen LogP contribution in [0.5, 0.6) is 0 Å². The number of nitrogens with one attached hydrogen (secondary N) is 1. The molecule has 1 N–H and O–H groups in total. The molecule has 1 aromatic carbocycles. The Kier molecular flexibility index (Phi) is 4.61. The molecule has 0 saturated heterocycles. The maximum absolute atomic E-state index is 13.1. The third-order valence-electron chi connectivity index (χ3n) is 3.28. The van der Waals surface area contributed by atoms with E-state index in [1.807, 2.05) is 0 Å². The zero-order valence-electron chi connectivity index (χ0n) is 12.7. The number of rotatable bonds is 4. The summed E-state index contributed by atoms with van der Waals surface area (Å²) in [5, 5.41) is 3.36. The molecule has 0 aliphatic carbocycles. The normalized spacial score (nSPS) is 10.6. The summed E-state index contributed by atoms with van der Waals surface area (Å²) >= 11 is 1.26. The molecule has 0 atom stereocenters. The fraction of sp³-hybridized carbons (Fsp3) is 0.118. The van der Waals surface area contributed by atoms with Gasteiger partial charge in [0.05, 0.1) is 28.8 Å². The molecule has 0 bridgehead atoms. The quantitative estimate of drug-likeness (QED) is 0.778. The van der Waals surface area contributed by atoms with Crippen molar-refractivity contribution >= 4 is 22.9 Å². The van der Waals surface area contributed by atoms with Gasteiger partial charge in [-0.2, -0.15) is 0 Å². The molecule has 4 nitrogen and oxygen atoms in total. The summed E-state index contributed by atoms with van der Waals surface area (Å²) in [7, 11) is 0. The lowest BCUT2D eigenvalue weighted by molar-refractivity contribution is 0.103. The second-order valence-electron chi connectivity index (χ2n) is 5.17. The molecule has 7 heteroatoms. The average molecular weight is 345 g/mol. The van der Waals surface area contributed by atoms with E-state index in [4.69, 9.17) is 0 Å². The van der Waals surface area contributed by atoms with E-state index >= 15 is 0 Å². The zero-order valence-corrected chi connectivity index (χ0v) is 13.5. The Bertz CT molecular complexity index is 878. The van der Waals surface area contributed by atoms with Crippen molar-refractivity contribution in [2.24, 2.45) is 0 Å². The summed E-state index contributed by atoms with van der Waals surface area (Å²) in [5.41, 5.74) is 1.79. The SMILES string of the molecule is Cc1nc(Cc2ccc(F)cc2)sc1C(=O)Nc1cncc(F)c1. The molecule has 3 rings (SSSR count). The average Bonchev–Trinajstić information content (AvgIpc) is 2.90. The Labute approximate surface area is 141 Å². The fourth-order valence-corrected chi connectivity index (χ4v) is 3.18. The van der Waals surface area contributed by atoms with Gasteiger partial charge < -0.3 is 5.32 Å². The number of aryl methyl sites for hydroxylation is 1. The molecule has 0 aliphatic rings. The van der Waals surface area contributed by atoms with Crippen molar-refractivity contribution in [3.05, 3.63) is 75.5 Å². The van der Waals surface area contributed by atoms with Crippen LogP contribution >= 0.6 is 11.3 Å². The Balaban J connectivity index is 1.75. The number of benzene rings is 1. The van der Waals surface area contributed by atoms with Gasteiger partial charge in [0.1, 0.15) is 16.5 Å². The second-order valence-corrected chi connectivity index (χ2v) is 6.25. The minimum Gasteiger partial charge on any atom is -0.320 e. The minimum absolute atomic E-state index is 0.285. The van der Waals surface area contributed by atoms with E-state index in [-0.39, 0.29) is 17.4 Å². The highest BCUT2D eigenvalue weighted by Crippen LogP contribution is 2.22. The first-order valence-electron chi connectivity index (χ1n) is 7.14. The lowest BCUT2D eigenvalue weighted by atomic mass is 10.1. The molecule has 3 aromatic rings. The van der Waals surface area contributed by atoms with Gasteiger partial charge in [-0.25, -0.2) is 13.8 Å². The van der Waals surface area contributed by atoms with Gasteiger partial charge in [0.15, 0.2) is 0 Å². The van der Waals surface area contributed by atoms with Crippen LogP contribution in [0.4, 0.5) is 14.5 Å². The van der Waals surface area contributed by atoms with Crippen molar-refractivity contribution in [3.8, 4) is 0 Å². The van der Waals surface area contributed by atoms with Gasteiger partial charge in [0.25, 0.3) is 5.91 Å². The van der Waals surface area contributed by atoms with E-state index in [1.54, 1.807) is 19.1 Å². The van der Waals surface area contributed by atoms with Crippen molar-refractivity contribution in [2.75, 3.05) is 5.32 Å². The van der Waals surface area contributed by atoms with Gasteiger partial charge in [-0.3, -0.25) is 9.78 Å². The van der Waals surface area contributed by atoms with E-state index in [9.17, 15) is 13.6 Å². The van der Waals surface area contributed by atoms with Crippen LogP contribution < -0.4 is 5.32 Å². The van der Waals surface area contributed by atoms with Gasteiger partial charge in [0, 0.05) is 12.5 Å². The van der Waals surface area contributed by atoms with Crippen LogP contribution in [-0.4, -0.2) is 15.9 Å². The van der Waals surface area contributed by atoms with Gasteiger partial charge in [-0.05, 0) is 24.6 Å². The number of hydrogen-bond acceptors (Lipinski definition) is 4. The highest BCUT2D eigenvalue weighted by Gasteiger charge is 2.16. The number of thiazole rings is 1.